The molecule has 20 heavy (non-hydrogen) atoms. The standard InChI is InChI=1S/C14H30N2O2Si2/c1-14(2)10-12(15-17-19(3,4)5)9-13(11-14)16-18-20(6,7)8/h9-11H2,1-8H3. The third-order valence-electron chi connectivity index (χ3n) is 2.67. The van der Waals surface area contributed by atoms with E-state index in [0.29, 0.717) is 0 Å². The van der Waals surface area contributed by atoms with E-state index in [0.717, 1.165) is 30.7 Å². The fourth-order valence-electron chi connectivity index (χ4n) is 2.06. The Kier molecular flexibility index (Phi) is 5.24. The van der Waals surface area contributed by atoms with Crippen LogP contribution in [0.1, 0.15) is 33.1 Å². The van der Waals surface area contributed by atoms with Crippen molar-refractivity contribution in [2.75, 3.05) is 0 Å². The third kappa shape index (κ3) is 7.23. The van der Waals surface area contributed by atoms with Crippen molar-refractivity contribution in [3.63, 3.8) is 0 Å². The molecular formula is C14H30N2O2Si2. The van der Waals surface area contributed by atoms with Crippen molar-refractivity contribution in [1.29, 1.82) is 0 Å². The van der Waals surface area contributed by atoms with Crippen LogP contribution in [-0.2, 0) is 9.05 Å². The molecule has 6 heteroatoms. The lowest BCUT2D eigenvalue weighted by atomic mass is 9.75. The van der Waals surface area contributed by atoms with Gasteiger partial charge in [0.25, 0.3) is 16.6 Å². The van der Waals surface area contributed by atoms with Crippen molar-refractivity contribution < 1.29 is 9.05 Å². The molecule has 1 rings (SSSR count). The Morgan fingerprint density at radius 1 is 0.800 bits per heavy atom. The van der Waals surface area contributed by atoms with Crippen LogP contribution in [-0.4, -0.2) is 28.1 Å². The van der Waals surface area contributed by atoms with Crippen molar-refractivity contribution in [1.82, 2.24) is 0 Å². The van der Waals surface area contributed by atoms with Gasteiger partial charge in [0.2, 0.25) is 0 Å². The van der Waals surface area contributed by atoms with Crippen LogP contribution in [0.5, 0.6) is 0 Å². The second-order valence-corrected chi connectivity index (χ2v) is 17.2. The molecule has 1 fully saturated rings. The number of hydrogen-bond acceptors (Lipinski definition) is 4. The maximum absolute atomic E-state index is 5.70. The molecule has 4 nitrogen and oxygen atoms in total. The average molecular weight is 315 g/mol. The summed E-state index contributed by atoms with van der Waals surface area (Å²) in [6, 6.07) is 0. The van der Waals surface area contributed by atoms with Gasteiger partial charge >= 0.3 is 0 Å². The van der Waals surface area contributed by atoms with E-state index >= 15 is 0 Å². The molecule has 116 valence electrons. The first-order valence-electron chi connectivity index (χ1n) is 7.34. The first-order chi connectivity index (χ1) is 8.86. The zero-order chi connectivity index (χ0) is 15.6. The Hall–Kier alpha value is -0.626. The number of nitrogens with zero attached hydrogens (tertiary/aromatic N) is 2. The summed E-state index contributed by atoms with van der Waals surface area (Å²) in [7, 11) is -3.22. The van der Waals surface area contributed by atoms with Crippen LogP contribution in [0.4, 0.5) is 0 Å². The van der Waals surface area contributed by atoms with Gasteiger partial charge in [-0.1, -0.05) is 13.8 Å². The van der Waals surface area contributed by atoms with Gasteiger partial charge in [-0.05, 0) is 57.5 Å². The Labute approximate surface area is 125 Å². The lowest BCUT2D eigenvalue weighted by molar-refractivity contribution is 0.310. The summed E-state index contributed by atoms with van der Waals surface area (Å²) in [6.07, 6.45) is 2.74. The summed E-state index contributed by atoms with van der Waals surface area (Å²) >= 11 is 0. The number of rotatable bonds is 4. The van der Waals surface area contributed by atoms with E-state index in [1.54, 1.807) is 0 Å². The van der Waals surface area contributed by atoms with Crippen LogP contribution >= 0.6 is 0 Å². The lowest BCUT2D eigenvalue weighted by Gasteiger charge is -2.31. The fraction of sp³-hybridized carbons (Fsp3) is 0.857. The zero-order valence-electron chi connectivity index (χ0n) is 14.3. The van der Waals surface area contributed by atoms with Gasteiger partial charge in [0.05, 0.1) is 11.4 Å². The molecule has 0 radical (unpaired) electrons. The van der Waals surface area contributed by atoms with Crippen molar-refractivity contribution in [2.45, 2.75) is 72.4 Å². The first kappa shape index (κ1) is 17.4. The van der Waals surface area contributed by atoms with Crippen LogP contribution in [0.3, 0.4) is 0 Å². The van der Waals surface area contributed by atoms with Gasteiger partial charge in [0.1, 0.15) is 0 Å². The van der Waals surface area contributed by atoms with Gasteiger partial charge in [-0.2, -0.15) is 0 Å². The van der Waals surface area contributed by atoms with Gasteiger partial charge < -0.3 is 9.05 Å². The van der Waals surface area contributed by atoms with Gasteiger partial charge in [-0.15, -0.1) is 10.3 Å². The van der Waals surface area contributed by atoms with Gasteiger partial charge in [0.15, 0.2) is 0 Å². The second-order valence-electron chi connectivity index (χ2n) is 8.42. The van der Waals surface area contributed by atoms with Crippen molar-refractivity contribution >= 4 is 28.1 Å². The SMILES string of the molecule is CC1(C)CC(=NO[Si](C)(C)C)CC(=NO[Si](C)(C)C)C1. The Morgan fingerprint density at radius 2 is 1.15 bits per heavy atom. The molecular weight excluding hydrogens is 284 g/mol. The maximum Gasteiger partial charge on any atom is 0.278 e. The molecule has 0 aliphatic heterocycles. The zero-order valence-corrected chi connectivity index (χ0v) is 16.3. The highest BCUT2D eigenvalue weighted by Crippen LogP contribution is 2.33. The van der Waals surface area contributed by atoms with Gasteiger partial charge in [-0.25, -0.2) is 0 Å². The Balaban J connectivity index is 2.80. The minimum atomic E-state index is -1.61. The number of oxime groups is 2. The molecule has 0 spiro atoms. The van der Waals surface area contributed by atoms with E-state index < -0.39 is 16.6 Å². The van der Waals surface area contributed by atoms with Gasteiger partial charge in [-0.3, -0.25) is 0 Å². The summed E-state index contributed by atoms with van der Waals surface area (Å²) in [4.78, 5) is 0. The van der Waals surface area contributed by atoms with Crippen LogP contribution < -0.4 is 0 Å². The molecule has 1 saturated carbocycles. The predicted octanol–water partition coefficient (Wildman–Crippen LogP) is 4.61. The molecule has 0 unspecified atom stereocenters. The van der Waals surface area contributed by atoms with E-state index in [9.17, 15) is 0 Å². The van der Waals surface area contributed by atoms with E-state index in [1.807, 2.05) is 0 Å². The summed E-state index contributed by atoms with van der Waals surface area (Å²) in [5.74, 6) is 0. The second kappa shape index (κ2) is 6.01. The summed E-state index contributed by atoms with van der Waals surface area (Å²) in [6.45, 7) is 17.4. The van der Waals surface area contributed by atoms with Crippen LogP contribution in [0.2, 0.25) is 39.3 Å². The Bertz CT molecular complexity index is 368. The summed E-state index contributed by atoms with van der Waals surface area (Å²) in [5, 5.41) is 8.80. The third-order valence-corrected chi connectivity index (χ3v) is 3.95. The average Bonchev–Trinajstić information content (AvgIpc) is 2.20. The summed E-state index contributed by atoms with van der Waals surface area (Å²) < 4.78 is 11.4. The minimum absolute atomic E-state index is 0.182. The van der Waals surface area contributed by atoms with Gasteiger partial charge in [0, 0.05) is 6.42 Å². The van der Waals surface area contributed by atoms with Crippen molar-refractivity contribution in [3.05, 3.63) is 0 Å². The highest BCUT2D eigenvalue weighted by Gasteiger charge is 2.31. The molecule has 1 aliphatic carbocycles. The molecule has 0 atom stereocenters. The van der Waals surface area contributed by atoms with Crippen LogP contribution in [0.15, 0.2) is 10.3 Å². The molecule has 0 bridgehead atoms. The molecule has 1 aliphatic rings. The smallest absolute Gasteiger partial charge is 0.278 e. The maximum atomic E-state index is 5.70. The lowest BCUT2D eigenvalue weighted by Crippen LogP contribution is -2.32. The first-order valence-corrected chi connectivity index (χ1v) is 14.2. The normalized spacial score (nSPS) is 24.0. The minimum Gasteiger partial charge on any atom is -0.456 e. The van der Waals surface area contributed by atoms with E-state index in [2.05, 4.69) is 63.4 Å². The quantitative estimate of drug-likeness (QED) is 0.561. The number of hydrogen-bond donors (Lipinski definition) is 0. The van der Waals surface area contributed by atoms with E-state index in [4.69, 9.17) is 9.05 Å². The van der Waals surface area contributed by atoms with Crippen molar-refractivity contribution in [2.24, 2.45) is 15.7 Å². The highest BCUT2D eigenvalue weighted by molar-refractivity contribution is 6.70. The molecule has 0 aromatic carbocycles. The fourth-order valence-corrected chi connectivity index (χ4v) is 2.87. The van der Waals surface area contributed by atoms with Crippen LogP contribution in [0, 0.1) is 5.41 Å². The summed E-state index contributed by atoms with van der Waals surface area (Å²) in [5.41, 5.74) is 2.38. The topological polar surface area (TPSA) is 43.2 Å². The molecule has 0 amide bonds. The van der Waals surface area contributed by atoms with E-state index in [-0.39, 0.29) is 5.41 Å². The molecule has 0 aromatic heterocycles. The predicted molar refractivity (Wildman–Crippen MR) is 91.4 cm³/mol. The molecule has 0 saturated heterocycles. The molecule has 0 heterocycles. The Morgan fingerprint density at radius 3 is 1.45 bits per heavy atom. The van der Waals surface area contributed by atoms with Crippen molar-refractivity contribution in [3.8, 4) is 0 Å². The molecule has 0 aromatic rings. The van der Waals surface area contributed by atoms with Crippen LogP contribution in [0.25, 0.3) is 0 Å². The van der Waals surface area contributed by atoms with E-state index in [1.165, 1.54) is 0 Å². The molecule has 0 N–H and O–H groups in total. The highest BCUT2D eigenvalue weighted by atomic mass is 28.4. The largest absolute Gasteiger partial charge is 0.456 e. The monoisotopic (exact) mass is 314 g/mol.